The topological polar surface area (TPSA) is 25.4 Å². The number of hydrogen-bond acceptors (Lipinski definition) is 3. The summed E-state index contributed by atoms with van der Waals surface area (Å²) in [6.07, 6.45) is 1.46. The van der Waals surface area contributed by atoms with E-state index >= 15 is 0 Å². The van der Waals surface area contributed by atoms with E-state index in [2.05, 4.69) is 18.8 Å². The lowest BCUT2D eigenvalue weighted by atomic mass is 10.2. The fourth-order valence-corrected chi connectivity index (χ4v) is 1.71. The van der Waals surface area contributed by atoms with E-state index < -0.39 is 5.82 Å². The molecule has 96 valence electrons. The lowest BCUT2D eigenvalue weighted by molar-refractivity contribution is 0.204. The molecule has 0 saturated heterocycles. The summed E-state index contributed by atoms with van der Waals surface area (Å²) in [5.74, 6) is 0.359. The van der Waals surface area contributed by atoms with E-state index in [1.165, 1.54) is 12.3 Å². The third kappa shape index (κ3) is 4.48. The van der Waals surface area contributed by atoms with Gasteiger partial charge >= 0.3 is 0 Å². The number of halogens is 2. The molecule has 0 spiro atoms. The highest BCUT2D eigenvalue weighted by molar-refractivity contribution is 6.30. The van der Waals surface area contributed by atoms with Crippen molar-refractivity contribution >= 4 is 17.4 Å². The first-order valence-electron chi connectivity index (χ1n) is 5.59. The largest absolute Gasteiger partial charge is 0.383 e. The van der Waals surface area contributed by atoms with E-state index in [0.717, 1.165) is 6.54 Å². The minimum Gasteiger partial charge on any atom is -0.383 e. The Balaban J connectivity index is 2.86. The molecule has 0 aliphatic carbocycles. The van der Waals surface area contributed by atoms with Gasteiger partial charge in [-0.25, -0.2) is 9.37 Å². The van der Waals surface area contributed by atoms with Crippen LogP contribution >= 0.6 is 11.6 Å². The van der Waals surface area contributed by atoms with Crippen LogP contribution in [0.25, 0.3) is 0 Å². The van der Waals surface area contributed by atoms with Gasteiger partial charge in [0.2, 0.25) is 0 Å². The molecule has 17 heavy (non-hydrogen) atoms. The quantitative estimate of drug-likeness (QED) is 0.786. The fourth-order valence-electron chi connectivity index (χ4n) is 1.57. The molecule has 0 atom stereocenters. The summed E-state index contributed by atoms with van der Waals surface area (Å²) in [5, 5.41) is 0.308. The molecule has 1 aromatic rings. The highest BCUT2D eigenvalue weighted by atomic mass is 35.5. The lowest BCUT2D eigenvalue weighted by Crippen LogP contribution is -2.32. The van der Waals surface area contributed by atoms with E-state index in [-0.39, 0.29) is 0 Å². The van der Waals surface area contributed by atoms with Crippen molar-refractivity contribution in [3.8, 4) is 0 Å². The minimum absolute atomic E-state index is 0.308. The predicted octanol–water partition coefficient (Wildman–Crippen LogP) is 2.98. The first-order valence-corrected chi connectivity index (χ1v) is 5.97. The van der Waals surface area contributed by atoms with Crippen LogP contribution in [-0.4, -0.2) is 31.8 Å². The van der Waals surface area contributed by atoms with E-state index in [1.54, 1.807) is 7.11 Å². The Morgan fingerprint density at radius 1 is 1.53 bits per heavy atom. The van der Waals surface area contributed by atoms with Crippen molar-refractivity contribution < 1.29 is 9.13 Å². The van der Waals surface area contributed by atoms with Gasteiger partial charge in [-0.1, -0.05) is 25.4 Å². The summed E-state index contributed by atoms with van der Waals surface area (Å²) in [6, 6.07) is 1.28. The van der Waals surface area contributed by atoms with E-state index in [0.29, 0.717) is 29.9 Å². The van der Waals surface area contributed by atoms with E-state index in [4.69, 9.17) is 16.3 Å². The minimum atomic E-state index is -0.394. The normalized spacial score (nSPS) is 10.9. The van der Waals surface area contributed by atoms with Crippen LogP contribution < -0.4 is 4.90 Å². The molecule has 5 heteroatoms. The average molecular weight is 261 g/mol. The van der Waals surface area contributed by atoms with Crippen molar-refractivity contribution in [3.05, 3.63) is 23.1 Å². The monoisotopic (exact) mass is 260 g/mol. The Kier molecular flexibility index (Phi) is 5.65. The van der Waals surface area contributed by atoms with Crippen LogP contribution in [0, 0.1) is 11.7 Å². The molecule has 1 rings (SSSR count). The molecule has 0 radical (unpaired) electrons. The summed E-state index contributed by atoms with van der Waals surface area (Å²) in [4.78, 5) is 5.92. The van der Waals surface area contributed by atoms with Gasteiger partial charge in [0.05, 0.1) is 11.6 Å². The number of methoxy groups -OCH3 is 1. The highest BCUT2D eigenvalue weighted by Gasteiger charge is 2.14. The van der Waals surface area contributed by atoms with E-state index in [9.17, 15) is 4.39 Å². The summed E-state index contributed by atoms with van der Waals surface area (Å²) >= 11 is 5.69. The van der Waals surface area contributed by atoms with E-state index in [1.807, 2.05) is 4.90 Å². The summed E-state index contributed by atoms with van der Waals surface area (Å²) in [6.45, 7) is 6.03. The van der Waals surface area contributed by atoms with Crippen LogP contribution in [0.3, 0.4) is 0 Å². The van der Waals surface area contributed by atoms with Crippen LogP contribution in [0.5, 0.6) is 0 Å². The number of hydrogen-bond donors (Lipinski definition) is 0. The second-order valence-electron chi connectivity index (χ2n) is 4.29. The second kappa shape index (κ2) is 6.77. The molecule has 0 unspecified atom stereocenters. The third-order valence-electron chi connectivity index (χ3n) is 2.24. The maximum absolute atomic E-state index is 13.7. The molecule has 0 amide bonds. The SMILES string of the molecule is COCCN(CC(C)C)c1ncc(Cl)cc1F. The van der Waals surface area contributed by atoms with Crippen LogP contribution in [0.2, 0.25) is 5.02 Å². The van der Waals surface area contributed by atoms with Crippen LogP contribution in [-0.2, 0) is 4.74 Å². The van der Waals surface area contributed by atoms with Gasteiger partial charge in [-0.2, -0.15) is 0 Å². The molecule has 0 aromatic carbocycles. The Labute approximate surface area is 107 Å². The van der Waals surface area contributed by atoms with Gasteiger partial charge in [-0.05, 0) is 12.0 Å². The van der Waals surface area contributed by atoms with Gasteiger partial charge in [0.25, 0.3) is 0 Å². The van der Waals surface area contributed by atoms with Gasteiger partial charge in [-0.3, -0.25) is 0 Å². The van der Waals surface area contributed by atoms with Gasteiger partial charge in [0.15, 0.2) is 11.6 Å². The first kappa shape index (κ1) is 14.2. The lowest BCUT2D eigenvalue weighted by Gasteiger charge is -2.25. The number of pyridine rings is 1. The summed E-state index contributed by atoms with van der Waals surface area (Å²) in [5.41, 5.74) is 0. The zero-order chi connectivity index (χ0) is 12.8. The van der Waals surface area contributed by atoms with Crippen molar-refractivity contribution in [2.24, 2.45) is 5.92 Å². The molecule has 3 nitrogen and oxygen atoms in total. The van der Waals surface area contributed by atoms with Gasteiger partial charge in [0, 0.05) is 26.4 Å². The molecule has 0 aliphatic rings. The Morgan fingerprint density at radius 2 is 2.24 bits per heavy atom. The maximum Gasteiger partial charge on any atom is 0.167 e. The Bertz CT molecular complexity index is 360. The Morgan fingerprint density at radius 3 is 2.76 bits per heavy atom. The molecule has 0 saturated carbocycles. The number of nitrogens with zero attached hydrogens (tertiary/aromatic N) is 2. The molecule has 0 fully saturated rings. The van der Waals surface area contributed by atoms with Crippen molar-refractivity contribution in [2.75, 3.05) is 31.7 Å². The van der Waals surface area contributed by atoms with Crippen LogP contribution in [0.15, 0.2) is 12.3 Å². The van der Waals surface area contributed by atoms with Crippen LogP contribution in [0.1, 0.15) is 13.8 Å². The van der Waals surface area contributed by atoms with Crippen molar-refractivity contribution in [1.29, 1.82) is 0 Å². The fraction of sp³-hybridized carbons (Fsp3) is 0.583. The third-order valence-corrected chi connectivity index (χ3v) is 2.45. The van der Waals surface area contributed by atoms with Gasteiger partial charge in [-0.15, -0.1) is 0 Å². The molecule has 1 aromatic heterocycles. The maximum atomic E-state index is 13.7. The average Bonchev–Trinajstić information content (AvgIpc) is 2.24. The number of aromatic nitrogens is 1. The van der Waals surface area contributed by atoms with Crippen LogP contribution in [0.4, 0.5) is 10.2 Å². The zero-order valence-electron chi connectivity index (χ0n) is 10.4. The summed E-state index contributed by atoms with van der Waals surface area (Å²) in [7, 11) is 1.62. The van der Waals surface area contributed by atoms with Crippen molar-refractivity contribution in [3.63, 3.8) is 0 Å². The van der Waals surface area contributed by atoms with Gasteiger partial charge in [0.1, 0.15) is 0 Å². The molecule has 0 N–H and O–H groups in total. The number of rotatable bonds is 6. The summed E-state index contributed by atoms with van der Waals surface area (Å²) < 4.78 is 18.8. The number of anilines is 1. The number of ether oxygens (including phenoxy) is 1. The molecule has 0 bridgehead atoms. The molecule has 0 aliphatic heterocycles. The molecular weight excluding hydrogens is 243 g/mol. The van der Waals surface area contributed by atoms with Gasteiger partial charge < -0.3 is 9.64 Å². The smallest absolute Gasteiger partial charge is 0.167 e. The molecular formula is C12H18ClFN2O. The van der Waals surface area contributed by atoms with Crippen molar-refractivity contribution in [1.82, 2.24) is 4.98 Å². The second-order valence-corrected chi connectivity index (χ2v) is 4.73. The van der Waals surface area contributed by atoms with Crippen molar-refractivity contribution in [2.45, 2.75) is 13.8 Å². The predicted molar refractivity (Wildman–Crippen MR) is 68.1 cm³/mol. The molecule has 1 heterocycles. The Hall–Kier alpha value is -0.870. The zero-order valence-corrected chi connectivity index (χ0v) is 11.2. The highest BCUT2D eigenvalue weighted by Crippen LogP contribution is 2.20. The first-order chi connectivity index (χ1) is 8.04. The standard InChI is InChI=1S/C12H18ClFN2O/c1-9(2)8-16(4-5-17-3)12-11(14)6-10(13)7-15-12/h6-7,9H,4-5,8H2,1-3H3.